The zero-order valence-corrected chi connectivity index (χ0v) is 15.0. The number of carbonyl (C=O) groups is 1. The molecule has 0 spiro atoms. The molecule has 2 aliphatic rings. The van der Waals surface area contributed by atoms with Gasteiger partial charge in [-0.3, -0.25) is 10.00 Å². The minimum absolute atomic E-state index is 0.181. The van der Waals surface area contributed by atoms with Crippen LogP contribution in [0.5, 0.6) is 0 Å². The number of H-pyrrole nitrogens is 1. The van der Waals surface area contributed by atoms with Crippen molar-refractivity contribution in [3.8, 4) is 0 Å². The fraction of sp³-hybridized carbons (Fsp3) is 0.556. The first kappa shape index (κ1) is 17.0. The van der Waals surface area contributed by atoms with Crippen molar-refractivity contribution in [2.24, 2.45) is 0 Å². The lowest BCUT2D eigenvalue weighted by Gasteiger charge is -2.22. The molecular weight excluding hydrogens is 332 g/mol. The summed E-state index contributed by atoms with van der Waals surface area (Å²) in [4.78, 5) is 25.4. The smallest absolute Gasteiger partial charge is 0.354 e. The normalized spacial score (nSPS) is 18.0. The van der Waals surface area contributed by atoms with Crippen molar-refractivity contribution >= 4 is 11.8 Å². The van der Waals surface area contributed by atoms with Crippen molar-refractivity contribution < 1.29 is 9.90 Å². The monoisotopic (exact) mass is 356 g/mol. The van der Waals surface area contributed by atoms with E-state index in [2.05, 4.69) is 20.0 Å². The largest absolute Gasteiger partial charge is 0.477 e. The molecule has 0 atom stereocenters. The molecule has 1 fully saturated rings. The topological polar surface area (TPSA) is 98.2 Å². The Hall–Kier alpha value is -2.48. The Morgan fingerprint density at radius 1 is 1.19 bits per heavy atom. The molecule has 1 saturated heterocycles. The summed E-state index contributed by atoms with van der Waals surface area (Å²) in [5.41, 5.74) is 3.32. The fourth-order valence-electron chi connectivity index (χ4n) is 3.95. The number of carboxylic acids is 1. The third kappa shape index (κ3) is 3.29. The second-order valence-electron chi connectivity index (χ2n) is 7.07. The van der Waals surface area contributed by atoms with Crippen molar-refractivity contribution in [3.05, 3.63) is 34.5 Å². The molecular formula is C18H24N6O2. The number of aryl methyl sites for hydroxylation is 1. The molecule has 4 rings (SSSR count). The maximum Gasteiger partial charge on any atom is 0.354 e. The molecule has 2 aromatic heterocycles. The number of nitrogens with zero attached hydrogens (tertiary/aromatic N) is 5. The number of rotatable bonds is 4. The van der Waals surface area contributed by atoms with Gasteiger partial charge in [0, 0.05) is 50.3 Å². The maximum absolute atomic E-state index is 11.3. The van der Waals surface area contributed by atoms with Crippen LogP contribution in [0.2, 0.25) is 0 Å². The maximum atomic E-state index is 11.3. The first-order valence-corrected chi connectivity index (χ1v) is 9.21. The lowest BCUT2D eigenvalue weighted by molar-refractivity contribution is 0.0688. The molecule has 8 nitrogen and oxygen atoms in total. The Morgan fingerprint density at radius 3 is 2.73 bits per heavy atom. The predicted molar refractivity (Wildman–Crippen MR) is 96.4 cm³/mol. The SMILES string of the molecule is Cc1nc2c(c(N3CCCC3)n1)CCN(Cc1cn[nH]c1C(=O)O)CC2. The molecule has 0 amide bonds. The highest BCUT2D eigenvalue weighted by Gasteiger charge is 2.25. The average molecular weight is 356 g/mol. The Morgan fingerprint density at radius 2 is 1.96 bits per heavy atom. The Labute approximate surface area is 152 Å². The summed E-state index contributed by atoms with van der Waals surface area (Å²) in [6, 6.07) is 0. The first-order valence-electron chi connectivity index (χ1n) is 9.21. The summed E-state index contributed by atoms with van der Waals surface area (Å²) < 4.78 is 0. The van der Waals surface area contributed by atoms with Crippen LogP contribution in [0.1, 0.15) is 46.0 Å². The van der Waals surface area contributed by atoms with Crippen molar-refractivity contribution in [1.82, 2.24) is 25.1 Å². The number of aromatic amines is 1. The summed E-state index contributed by atoms with van der Waals surface area (Å²) in [5.74, 6) is 0.983. The molecule has 4 heterocycles. The van der Waals surface area contributed by atoms with Gasteiger partial charge in [-0.25, -0.2) is 14.8 Å². The zero-order valence-electron chi connectivity index (χ0n) is 15.0. The van der Waals surface area contributed by atoms with Crippen LogP contribution in [0.4, 0.5) is 5.82 Å². The summed E-state index contributed by atoms with van der Waals surface area (Å²) in [6.07, 6.45) is 5.81. The molecule has 138 valence electrons. The quantitative estimate of drug-likeness (QED) is 0.854. The summed E-state index contributed by atoms with van der Waals surface area (Å²) in [5, 5.41) is 15.7. The second kappa shape index (κ2) is 7.03. The van der Waals surface area contributed by atoms with Crippen molar-refractivity contribution in [3.63, 3.8) is 0 Å². The third-order valence-electron chi connectivity index (χ3n) is 5.26. The first-order chi connectivity index (χ1) is 12.6. The van der Waals surface area contributed by atoms with Crippen LogP contribution in [0.25, 0.3) is 0 Å². The number of nitrogens with one attached hydrogen (secondary N) is 1. The van der Waals surface area contributed by atoms with Crippen molar-refractivity contribution in [2.45, 2.75) is 39.2 Å². The van der Waals surface area contributed by atoms with E-state index in [0.717, 1.165) is 61.9 Å². The summed E-state index contributed by atoms with van der Waals surface area (Å²) in [7, 11) is 0. The minimum Gasteiger partial charge on any atom is -0.477 e. The molecule has 0 saturated carbocycles. The van der Waals surface area contributed by atoms with Gasteiger partial charge >= 0.3 is 5.97 Å². The van der Waals surface area contributed by atoms with Gasteiger partial charge in [-0.15, -0.1) is 0 Å². The van der Waals surface area contributed by atoms with Gasteiger partial charge in [0.05, 0.1) is 11.9 Å². The van der Waals surface area contributed by atoms with Crippen LogP contribution in [0.15, 0.2) is 6.20 Å². The highest BCUT2D eigenvalue weighted by molar-refractivity contribution is 5.86. The van der Waals surface area contributed by atoms with E-state index in [1.807, 2.05) is 6.92 Å². The molecule has 0 radical (unpaired) electrons. The Kier molecular flexibility index (Phi) is 4.58. The van der Waals surface area contributed by atoms with E-state index in [1.54, 1.807) is 6.20 Å². The van der Waals surface area contributed by atoms with Gasteiger partial charge in [0.2, 0.25) is 0 Å². The number of fused-ring (bicyclic) bond motifs is 1. The van der Waals surface area contributed by atoms with Crippen molar-refractivity contribution in [2.75, 3.05) is 31.1 Å². The summed E-state index contributed by atoms with van der Waals surface area (Å²) >= 11 is 0. The predicted octanol–water partition coefficient (Wildman–Crippen LogP) is 1.41. The second-order valence-corrected chi connectivity index (χ2v) is 7.07. The molecule has 0 bridgehead atoms. The van der Waals surface area contributed by atoms with Crippen LogP contribution in [0, 0.1) is 6.92 Å². The number of hydrogen-bond donors (Lipinski definition) is 2. The van der Waals surface area contributed by atoms with Gasteiger partial charge in [-0.2, -0.15) is 5.10 Å². The Bertz CT molecular complexity index is 812. The number of aromatic carboxylic acids is 1. The molecule has 0 unspecified atom stereocenters. The third-order valence-corrected chi connectivity index (χ3v) is 5.26. The van der Waals surface area contributed by atoms with Gasteiger partial charge < -0.3 is 10.0 Å². The minimum atomic E-state index is -0.964. The molecule has 2 N–H and O–H groups in total. The van der Waals surface area contributed by atoms with E-state index in [-0.39, 0.29) is 5.69 Å². The molecule has 2 aromatic rings. The van der Waals surface area contributed by atoms with E-state index >= 15 is 0 Å². The van der Waals surface area contributed by atoms with Gasteiger partial charge in [-0.1, -0.05) is 0 Å². The number of hydrogen-bond acceptors (Lipinski definition) is 6. The van der Waals surface area contributed by atoms with Gasteiger partial charge in [0.25, 0.3) is 0 Å². The highest BCUT2D eigenvalue weighted by Crippen LogP contribution is 2.27. The number of anilines is 1. The molecule has 0 aliphatic carbocycles. The molecule has 2 aliphatic heterocycles. The van der Waals surface area contributed by atoms with Crippen LogP contribution in [-0.4, -0.2) is 62.3 Å². The average Bonchev–Trinajstić information content (AvgIpc) is 3.25. The Balaban J connectivity index is 1.54. The van der Waals surface area contributed by atoms with Gasteiger partial charge in [0.1, 0.15) is 17.3 Å². The molecule has 0 aromatic carbocycles. The molecule has 8 heteroatoms. The van der Waals surface area contributed by atoms with Crippen LogP contribution in [0.3, 0.4) is 0 Å². The summed E-state index contributed by atoms with van der Waals surface area (Å²) in [6.45, 7) is 6.41. The van der Waals surface area contributed by atoms with E-state index in [9.17, 15) is 9.90 Å². The zero-order chi connectivity index (χ0) is 18.1. The van der Waals surface area contributed by atoms with E-state index < -0.39 is 5.97 Å². The standard InChI is InChI=1S/C18H24N6O2/c1-12-20-15-5-9-23(11-13-10-19-22-16(13)18(25)26)8-4-14(15)17(21-12)24-6-2-3-7-24/h10H,2-9,11H2,1H3,(H,19,22)(H,25,26). The van der Waals surface area contributed by atoms with Crippen LogP contribution < -0.4 is 4.90 Å². The highest BCUT2D eigenvalue weighted by atomic mass is 16.4. The van der Waals surface area contributed by atoms with Crippen LogP contribution >= 0.6 is 0 Å². The number of aromatic nitrogens is 4. The van der Waals surface area contributed by atoms with Gasteiger partial charge in [0.15, 0.2) is 0 Å². The van der Waals surface area contributed by atoms with E-state index in [1.165, 1.54) is 18.4 Å². The number of carboxylic acid groups (broad SMARTS) is 1. The van der Waals surface area contributed by atoms with E-state index in [4.69, 9.17) is 9.97 Å². The van der Waals surface area contributed by atoms with Gasteiger partial charge in [-0.05, 0) is 26.2 Å². The lowest BCUT2D eigenvalue weighted by atomic mass is 10.1. The van der Waals surface area contributed by atoms with E-state index in [0.29, 0.717) is 6.54 Å². The van der Waals surface area contributed by atoms with Crippen LogP contribution in [-0.2, 0) is 19.4 Å². The van der Waals surface area contributed by atoms with Crippen molar-refractivity contribution in [1.29, 1.82) is 0 Å². The lowest BCUT2D eigenvalue weighted by Crippen LogP contribution is -2.27. The molecule has 26 heavy (non-hydrogen) atoms. The fourth-order valence-corrected chi connectivity index (χ4v) is 3.95.